The summed E-state index contributed by atoms with van der Waals surface area (Å²) in [6.45, 7) is 0.931. The van der Waals surface area contributed by atoms with Crippen LogP contribution in [0.25, 0.3) is 0 Å². The molecule has 2 nitrogen and oxygen atoms in total. The highest BCUT2D eigenvalue weighted by Crippen LogP contribution is 2.03. The molecule has 2 aromatic rings. The molecule has 1 unspecified atom stereocenters. The predicted molar refractivity (Wildman–Crippen MR) is 80.9 cm³/mol. The molecule has 2 heteroatoms. The van der Waals surface area contributed by atoms with Crippen molar-refractivity contribution in [2.24, 2.45) is 5.73 Å². The van der Waals surface area contributed by atoms with Crippen LogP contribution < -0.4 is 11.1 Å². The van der Waals surface area contributed by atoms with Crippen molar-refractivity contribution in [3.05, 3.63) is 71.8 Å². The van der Waals surface area contributed by atoms with Crippen LogP contribution >= 0.6 is 0 Å². The maximum atomic E-state index is 6.07. The summed E-state index contributed by atoms with van der Waals surface area (Å²) in [7, 11) is 0. The number of hydrogen-bond donors (Lipinski definition) is 2. The van der Waals surface area contributed by atoms with E-state index >= 15 is 0 Å². The van der Waals surface area contributed by atoms with Crippen LogP contribution in [-0.4, -0.2) is 12.7 Å². The Kier molecular flexibility index (Phi) is 5.60. The minimum Gasteiger partial charge on any atom is -0.316 e. The molecule has 0 aliphatic rings. The minimum absolute atomic E-state index is 0.0731. The minimum atomic E-state index is 0.0731. The van der Waals surface area contributed by atoms with E-state index in [1.165, 1.54) is 11.1 Å². The Bertz CT molecular complexity index is 453. The third-order valence-electron chi connectivity index (χ3n) is 3.25. The first-order valence-electron chi connectivity index (χ1n) is 6.91. The summed E-state index contributed by atoms with van der Waals surface area (Å²) in [5, 5.41) is 3.38. The maximum Gasteiger partial charge on any atom is 0.0549 e. The summed E-state index contributed by atoms with van der Waals surface area (Å²) in [6.07, 6.45) is 3.10. The molecular weight excluding hydrogens is 232 g/mol. The number of hydrogen-bond acceptors (Lipinski definition) is 2. The highest BCUT2D eigenvalue weighted by atomic mass is 15.0. The van der Waals surface area contributed by atoms with Crippen LogP contribution in [-0.2, 0) is 12.8 Å². The molecule has 0 aromatic heterocycles. The van der Waals surface area contributed by atoms with E-state index < -0.39 is 0 Å². The molecule has 0 fully saturated rings. The first kappa shape index (κ1) is 13.8. The van der Waals surface area contributed by atoms with Crippen molar-refractivity contribution in [3.8, 4) is 0 Å². The van der Waals surface area contributed by atoms with Crippen LogP contribution in [0, 0.1) is 0 Å². The SMILES string of the molecule is NC(CCc1ccccc1)NCCc1ccccc1. The highest BCUT2D eigenvalue weighted by molar-refractivity contribution is 5.15. The van der Waals surface area contributed by atoms with E-state index in [2.05, 4.69) is 53.8 Å². The van der Waals surface area contributed by atoms with Gasteiger partial charge in [-0.05, 0) is 30.4 Å². The van der Waals surface area contributed by atoms with Crippen LogP contribution in [0.15, 0.2) is 60.7 Å². The molecule has 0 spiro atoms. The Hall–Kier alpha value is -1.64. The van der Waals surface area contributed by atoms with E-state index in [1.807, 2.05) is 12.1 Å². The van der Waals surface area contributed by atoms with Crippen LogP contribution in [0.3, 0.4) is 0 Å². The normalized spacial score (nSPS) is 12.3. The topological polar surface area (TPSA) is 38.0 Å². The molecule has 2 rings (SSSR count). The Morgan fingerprint density at radius 2 is 1.32 bits per heavy atom. The van der Waals surface area contributed by atoms with Gasteiger partial charge < -0.3 is 11.1 Å². The molecule has 0 saturated carbocycles. The van der Waals surface area contributed by atoms with E-state index in [0.717, 1.165) is 25.8 Å². The molecule has 0 saturated heterocycles. The number of aryl methyl sites for hydroxylation is 1. The third-order valence-corrected chi connectivity index (χ3v) is 3.25. The molecular formula is C17H22N2. The molecule has 100 valence electrons. The van der Waals surface area contributed by atoms with Crippen molar-refractivity contribution >= 4 is 0 Å². The van der Waals surface area contributed by atoms with Crippen LogP contribution in [0.4, 0.5) is 0 Å². The zero-order valence-corrected chi connectivity index (χ0v) is 11.3. The summed E-state index contributed by atoms with van der Waals surface area (Å²) in [5.41, 5.74) is 8.78. The number of rotatable bonds is 7. The van der Waals surface area contributed by atoms with E-state index in [-0.39, 0.29) is 6.17 Å². The maximum absolute atomic E-state index is 6.07. The fourth-order valence-electron chi connectivity index (χ4n) is 2.12. The lowest BCUT2D eigenvalue weighted by Crippen LogP contribution is -2.38. The molecule has 0 heterocycles. The van der Waals surface area contributed by atoms with Gasteiger partial charge in [0.15, 0.2) is 0 Å². The van der Waals surface area contributed by atoms with Gasteiger partial charge in [-0.1, -0.05) is 60.7 Å². The second-order valence-corrected chi connectivity index (χ2v) is 4.82. The first-order valence-corrected chi connectivity index (χ1v) is 6.91. The average molecular weight is 254 g/mol. The van der Waals surface area contributed by atoms with Gasteiger partial charge >= 0.3 is 0 Å². The highest BCUT2D eigenvalue weighted by Gasteiger charge is 2.02. The molecule has 0 aliphatic carbocycles. The van der Waals surface area contributed by atoms with Gasteiger partial charge in [0.1, 0.15) is 0 Å². The van der Waals surface area contributed by atoms with Gasteiger partial charge in [0.2, 0.25) is 0 Å². The van der Waals surface area contributed by atoms with Crippen molar-refractivity contribution in [1.82, 2.24) is 5.32 Å². The zero-order valence-electron chi connectivity index (χ0n) is 11.3. The second-order valence-electron chi connectivity index (χ2n) is 4.82. The predicted octanol–water partition coefficient (Wildman–Crippen LogP) is 2.74. The summed E-state index contributed by atoms with van der Waals surface area (Å²) < 4.78 is 0. The number of benzene rings is 2. The van der Waals surface area contributed by atoms with Gasteiger partial charge in [0, 0.05) is 6.54 Å². The van der Waals surface area contributed by atoms with Gasteiger partial charge in [-0.2, -0.15) is 0 Å². The molecule has 3 N–H and O–H groups in total. The van der Waals surface area contributed by atoms with E-state index in [4.69, 9.17) is 5.73 Å². The quantitative estimate of drug-likeness (QED) is 0.746. The Labute approximate surface area is 115 Å². The van der Waals surface area contributed by atoms with Gasteiger partial charge in [-0.15, -0.1) is 0 Å². The second kappa shape index (κ2) is 7.72. The van der Waals surface area contributed by atoms with Gasteiger partial charge in [-0.25, -0.2) is 0 Å². The van der Waals surface area contributed by atoms with Crippen molar-refractivity contribution in [1.29, 1.82) is 0 Å². The van der Waals surface area contributed by atoms with Crippen LogP contribution in [0.1, 0.15) is 17.5 Å². The molecule has 0 aliphatic heterocycles. The van der Waals surface area contributed by atoms with Crippen molar-refractivity contribution in [2.75, 3.05) is 6.54 Å². The van der Waals surface area contributed by atoms with Gasteiger partial charge in [0.05, 0.1) is 6.17 Å². The van der Waals surface area contributed by atoms with E-state index in [1.54, 1.807) is 0 Å². The zero-order chi connectivity index (χ0) is 13.3. The fraction of sp³-hybridized carbons (Fsp3) is 0.294. The van der Waals surface area contributed by atoms with E-state index in [0.29, 0.717) is 0 Å². The van der Waals surface area contributed by atoms with Crippen LogP contribution in [0.2, 0.25) is 0 Å². The molecule has 19 heavy (non-hydrogen) atoms. The Balaban J connectivity index is 1.64. The fourth-order valence-corrected chi connectivity index (χ4v) is 2.12. The lowest BCUT2D eigenvalue weighted by atomic mass is 10.1. The monoisotopic (exact) mass is 254 g/mol. The Morgan fingerprint density at radius 3 is 1.89 bits per heavy atom. The molecule has 2 aromatic carbocycles. The standard InChI is InChI=1S/C17H22N2/c18-17(12-11-15-7-3-1-4-8-15)19-14-13-16-9-5-2-6-10-16/h1-10,17,19H,11-14,18H2. The van der Waals surface area contributed by atoms with Crippen molar-refractivity contribution < 1.29 is 0 Å². The lowest BCUT2D eigenvalue weighted by molar-refractivity contribution is 0.498. The largest absolute Gasteiger partial charge is 0.316 e. The molecule has 1 atom stereocenters. The summed E-state index contributed by atoms with van der Waals surface area (Å²) in [4.78, 5) is 0. The smallest absolute Gasteiger partial charge is 0.0549 e. The number of nitrogens with one attached hydrogen (secondary N) is 1. The van der Waals surface area contributed by atoms with Gasteiger partial charge in [0.25, 0.3) is 0 Å². The third kappa shape index (κ3) is 5.25. The first-order chi connectivity index (χ1) is 9.34. The number of nitrogens with two attached hydrogens (primary N) is 1. The summed E-state index contributed by atoms with van der Waals surface area (Å²) in [5.74, 6) is 0. The molecule has 0 bridgehead atoms. The molecule has 0 amide bonds. The van der Waals surface area contributed by atoms with Crippen molar-refractivity contribution in [3.63, 3.8) is 0 Å². The summed E-state index contributed by atoms with van der Waals surface area (Å²) >= 11 is 0. The van der Waals surface area contributed by atoms with Crippen LogP contribution in [0.5, 0.6) is 0 Å². The van der Waals surface area contributed by atoms with E-state index in [9.17, 15) is 0 Å². The average Bonchev–Trinajstić information content (AvgIpc) is 2.47. The Morgan fingerprint density at radius 1 is 0.789 bits per heavy atom. The van der Waals surface area contributed by atoms with Gasteiger partial charge in [-0.3, -0.25) is 0 Å². The summed E-state index contributed by atoms with van der Waals surface area (Å²) in [6, 6.07) is 21.0. The lowest BCUT2D eigenvalue weighted by Gasteiger charge is -2.13. The van der Waals surface area contributed by atoms with Crippen molar-refractivity contribution in [2.45, 2.75) is 25.4 Å². The molecule has 0 radical (unpaired) electrons.